The van der Waals surface area contributed by atoms with Gasteiger partial charge in [0.15, 0.2) is 5.82 Å². The maximum Gasteiger partial charge on any atom is 0.226 e. The molecule has 0 fully saturated rings. The van der Waals surface area contributed by atoms with E-state index in [0.717, 1.165) is 36.9 Å². The molecule has 5 heteroatoms. The van der Waals surface area contributed by atoms with Crippen LogP contribution in [0.3, 0.4) is 0 Å². The van der Waals surface area contributed by atoms with Gasteiger partial charge in [0.2, 0.25) is 5.89 Å². The molecule has 15 heavy (non-hydrogen) atoms. The largest absolute Gasteiger partial charge is 0.339 e. The molecule has 1 rings (SSSR count). The lowest BCUT2D eigenvalue weighted by Gasteiger charge is -2.05. The number of aromatic nitrogens is 2. The zero-order chi connectivity index (χ0) is 11.1. The highest BCUT2D eigenvalue weighted by molar-refractivity contribution is 7.97. The molecule has 1 heterocycles. The normalized spacial score (nSPS) is 11.2. The van der Waals surface area contributed by atoms with Gasteiger partial charge >= 0.3 is 0 Å². The number of hydrogen-bond acceptors (Lipinski definition) is 5. The summed E-state index contributed by atoms with van der Waals surface area (Å²) < 4.78 is 5.12. The van der Waals surface area contributed by atoms with Crippen LogP contribution in [0.15, 0.2) is 4.52 Å². The molecule has 0 aromatic carbocycles. The fourth-order valence-electron chi connectivity index (χ4n) is 1.21. The van der Waals surface area contributed by atoms with Crippen molar-refractivity contribution in [3.05, 3.63) is 11.7 Å². The Morgan fingerprint density at radius 2 is 2.27 bits per heavy atom. The molecule has 0 bridgehead atoms. The molecule has 0 saturated heterocycles. The molecule has 0 radical (unpaired) electrons. The van der Waals surface area contributed by atoms with Gasteiger partial charge in [-0.1, -0.05) is 19.0 Å². The predicted molar refractivity (Wildman–Crippen MR) is 63.0 cm³/mol. The van der Waals surface area contributed by atoms with E-state index in [1.54, 1.807) is 11.8 Å². The minimum Gasteiger partial charge on any atom is -0.339 e. The summed E-state index contributed by atoms with van der Waals surface area (Å²) in [7, 11) is 0. The Kier molecular flexibility index (Phi) is 5.71. The fraction of sp³-hybridized carbons (Fsp3) is 0.800. The van der Waals surface area contributed by atoms with Gasteiger partial charge in [0.25, 0.3) is 0 Å². The van der Waals surface area contributed by atoms with E-state index in [-0.39, 0.29) is 0 Å². The first kappa shape index (κ1) is 12.5. The van der Waals surface area contributed by atoms with Crippen LogP contribution in [0.25, 0.3) is 0 Å². The van der Waals surface area contributed by atoms with Gasteiger partial charge in [0.1, 0.15) is 0 Å². The Labute approximate surface area is 95.2 Å². The van der Waals surface area contributed by atoms with Gasteiger partial charge in [-0.15, -0.1) is 0 Å². The molecule has 1 aromatic rings. The molecule has 0 unspecified atom stereocenters. The van der Waals surface area contributed by atoms with E-state index in [0.29, 0.717) is 6.04 Å². The third kappa shape index (κ3) is 5.18. The molecular weight excluding hydrogens is 210 g/mol. The van der Waals surface area contributed by atoms with Crippen LogP contribution in [-0.4, -0.2) is 29.0 Å². The van der Waals surface area contributed by atoms with Crippen molar-refractivity contribution < 1.29 is 4.52 Å². The van der Waals surface area contributed by atoms with Crippen molar-refractivity contribution >= 4 is 11.8 Å². The second kappa shape index (κ2) is 6.85. The topological polar surface area (TPSA) is 51.0 Å². The second-order valence-electron chi connectivity index (χ2n) is 3.75. The average Bonchev–Trinajstić information content (AvgIpc) is 2.61. The predicted octanol–water partition coefficient (Wildman–Crippen LogP) is 1.86. The zero-order valence-electron chi connectivity index (χ0n) is 9.62. The number of rotatable bonds is 7. The number of thioether (sulfide) groups is 1. The van der Waals surface area contributed by atoms with E-state index in [9.17, 15) is 0 Å². The Hall–Kier alpha value is -0.550. The molecule has 86 valence electrons. The van der Waals surface area contributed by atoms with E-state index in [1.165, 1.54) is 0 Å². The maximum atomic E-state index is 5.12. The SMILES string of the molecule is CSCc1noc(CCCNC(C)C)n1. The minimum absolute atomic E-state index is 0.541. The summed E-state index contributed by atoms with van der Waals surface area (Å²) in [5.74, 6) is 2.38. The summed E-state index contributed by atoms with van der Waals surface area (Å²) in [6.07, 6.45) is 3.93. The van der Waals surface area contributed by atoms with Gasteiger partial charge in [-0.05, 0) is 19.2 Å². The van der Waals surface area contributed by atoms with Crippen LogP contribution in [0.4, 0.5) is 0 Å². The third-order valence-corrected chi connectivity index (χ3v) is 2.45. The minimum atomic E-state index is 0.541. The molecule has 0 aliphatic heterocycles. The lowest BCUT2D eigenvalue weighted by molar-refractivity contribution is 0.370. The molecule has 1 N–H and O–H groups in total. The number of nitrogens with one attached hydrogen (secondary N) is 1. The van der Waals surface area contributed by atoms with Gasteiger partial charge in [-0.3, -0.25) is 0 Å². The fourth-order valence-corrected chi connectivity index (χ4v) is 1.59. The highest BCUT2D eigenvalue weighted by atomic mass is 32.2. The maximum absolute atomic E-state index is 5.12. The molecule has 4 nitrogen and oxygen atoms in total. The molecule has 0 amide bonds. The zero-order valence-corrected chi connectivity index (χ0v) is 10.4. The number of nitrogens with zero attached hydrogens (tertiary/aromatic N) is 2. The Balaban J connectivity index is 2.19. The van der Waals surface area contributed by atoms with Crippen LogP contribution < -0.4 is 5.32 Å². The van der Waals surface area contributed by atoms with E-state index in [4.69, 9.17) is 4.52 Å². The van der Waals surface area contributed by atoms with Gasteiger partial charge in [-0.2, -0.15) is 16.7 Å². The Morgan fingerprint density at radius 1 is 1.47 bits per heavy atom. The highest BCUT2D eigenvalue weighted by Gasteiger charge is 2.04. The van der Waals surface area contributed by atoms with Crippen molar-refractivity contribution in [1.82, 2.24) is 15.5 Å². The quantitative estimate of drug-likeness (QED) is 0.723. The van der Waals surface area contributed by atoms with Crippen molar-refractivity contribution in [2.24, 2.45) is 0 Å². The van der Waals surface area contributed by atoms with E-state index in [2.05, 4.69) is 29.3 Å². The molecule has 0 aliphatic rings. The van der Waals surface area contributed by atoms with Crippen LogP contribution in [0.5, 0.6) is 0 Å². The van der Waals surface area contributed by atoms with Crippen molar-refractivity contribution in [2.75, 3.05) is 12.8 Å². The van der Waals surface area contributed by atoms with Gasteiger partial charge in [-0.25, -0.2) is 0 Å². The van der Waals surface area contributed by atoms with E-state index < -0.39 is 0 Å². The number of hydrogen-bond donors (Lipinski definition) is 1. The highest BCUT2D eigenvalue weighted by Crippen LogP contribution is 2.06. The first-order valence-corrected chi connectivity index (χ1v) is 6.65. The van der Waals surface area contributed by atoms with Crippen LogP contribution in [0.2, 0.25) is 0 Å². The number of aryl methyl sites for hydroxylation is 1. The van der Waals surface area contributed by atoms with Gasteiger partial charge in [0, 0.05) is 12.5 Å². The third-order valence-electron chi connectivity index (χ3n) is 1.90. The summed E-state index contributed by atoms with van der Waals surface area (Å²) >= 11 is 1.70. The van der Waals surface area contributed by atoms with Crippen LogP contribution >= 0.6 is 11.8 Å². The van der Waals surface area contributed by atoms with Crippen LogP contribution in [0, 0.1) is 0 Å². The Morgan fingerprint density at radius 3 is 2.93 bits per heavy atom. The monoisotopic (exact) mass is 229 g/mol. The first-order chi connectivity index (χ1) is 7.22. The Bertz CT molecular complexity index is 275. The summed E-state index contributed by atoms with van der Waals surface area (Å²) in [6, 6.07) is 0.541. The molecule has 0 atom stereocenters. The summed E-state index contributed by atoms with van der Waals surface area (Å²) in [6.45, 7) is 5.28. The van der Waals surface area contributed by atoms with Crippen molar-refractivity contribution in [1.29, 1.82) is 0 Å². The van der Waals surface area contributed by atoms with E-state index >= 15 is 0 Å². The van der Waals surface area contributed by atoms with Crippen LogP contribution in [-0.2, 0) is 12.2 Å². The lowest BCUT2D eigenvalue weighted by Crippen LogP contribution is -2.23. The average molecular weight is 229 g/mol. The summed E-state index contributed by atoms with van der Waals surface area (Å²) in [4.78, 5) is 4.29. The molecule has 0 aliphatic carbocycles. The van der Waals surface area contributed by atoms with Gasteiger partial charge < -0.3 is 9.84 Å². The van der Waals surface area contributed by atoms with Gasteiger partial charge in [0.05, 0.1) is 5.75 Å². The lowest BCUT2D eigenvalue weighted by atomic mass is 10.3. The van der Waals surface area contributed by atoms with Crippen molar-refractivity contribution in [3.8, 4) is 0 Å². The molecule has 0 spiro atoms. The molecular formula is C10H19N3OS. The summed E-state index contributed by atoms with van der Waals surface area (Å²) in [5.41, 5.74) is 0. The van der Waals surface area contributed by atoms with Crippen molar-refractivity contribution in [2.45, 2.75) is 38.5 Å². The standard InChI is InChI=1S/C10H19N3OS/c1-8(2)11-6-4-5-10-12-9(7-15-3)13-14-10/h8,11H,4-7H2,1-3H3. The first-order valence-electron chi connectivity index (χ1n) is 5.26. The van der Waals surface area contributed by atoms with Crippen LogP contribution in [0.1, 0.15) is 32.0 Å². The smallest absolute Gasteiger partial charge is 0.226 e. The summed E-state index contributed by atoms with van der Waals surface area (Å²) in [5, 5.41) is 7.25. The second-order valence-corrected chi connectivity index (χ2v) is 4.62. The molecule has 0 saturated carbocycles. The molecule has 1 aromatic heterocycles. The van der Waals surface area contributed by atoms with Crippen molar-refractivity contribution in [3.63, 3.8) is 0 Å². The van der Waals surface area contributed by atoms with E-state index in [1.807, 2.05) is 6.26 Å².